The van der Waals surface area contributed by atoms with Crippen LogP contribution in [0.1, 0.15) is 0 Å². The summed E-state index contributed by atoms with van der Waals surface area (Å²) in [5.74, 6) is 0.647. The number of primary amides is 1. The summed E-state index contributed by atoms with van der Waals surface area (Å²) >= 11 is 0. The molecule has 0 aromatic carbocycles. The molecule has 5 heteroatoms. The largest absolute Gasteiger partial charge is 0.410 e. The van der Waals surface area contributed by atoms with Gasteiger partial charge in [0.25, 0.3) is 0 Å². The molecule has 0 fully saturated rings. The topological polar surface area (TPSA) is 91.2 Å². The van der Waals surface area contributed by atoms with E-state index in [0.717, 1.165) is 0 Å². The van der Waals surface area contributed by atoms with Gasteiger partial charge in [-0.2, -0.15) is 0 Å². The highest BCUT2D eigenvalue weighted by Crippen LogP contribution is 2.08. The molecule has 1 amide bonds. The number of ether oxygens (including phenoxy) is 1. The van der Waals surface area contributed by atoms with Crippen LogP contribution in [0.25, 0.3) is 0 Å². The molecule has 0 spiro atoms. The number of hydrogen-bond acceptors (Lipinski definition) is 4. The molecule has 0 unspecified atom stereocenters. The maximum Gasteiger partial charge on any atom is 0.410 e. The molecule has 58 valence electrons. The second-order valence-corrected chi connectivity index (χ2v) is 1.84. The monoisotopic (exact) mass is 153 g/mol. The Balaban J connectivity index is 2.74. The summed E-state index contributed by atoms with van der Waals surface area (Å²) in [7, 11) is 0. The number of carbonyl (C=O) groups excluding carboxylic acids is 1. The van der Waals surface area contributed by atoms with Crippen LogP contribution in [-0.2, 0) is 0 Å². The van der Waals surface area contributed by atoms with Gasteiger partial charge in [0.05, 0.1) is 6.20 Å². The predicted molar refractivity (Wildman–Crippen MR) is 38.9 cm³/mol. The van der Waals surface area contributed by atoms with Crippen LogP contribution in [0.15, 0.2) is 18.3 Å². The van der Waals surface area contributed by atoms with E-state index in [1.807, 2.05) is 0 Å². The van der Waals surface area contributed by atoms with Crippen LogP contribution in [-0.4, -0.2) is 11.1 Å². The molecule has 0 atom stereocenters. The van der Waals surface area contributed by atoms with Crippen LogP contribution in [0, 0.1) is 0 Å². The zero-order valence-corrected chi connectivity index (χ0v) is 5.65. The highest BCUT2D eigenvalue weighted by Gasteiger charge is 1.96. The molecule has 4 N–H and O–H groups in total. The van der Waals surface area contributed by atoms with E-state index in [0.29, 0.717) is 5.82 Å². The van der Waals surface area contributed by atoms with Crippen molar-refractivity contribution in [1.82, 2.24) is 4.98 Å². The summed E-state index contributed by atoms with van der Waals surface area (Å²) in [4.78, 5) is 13.9. The molecule has 1 aromatic heterocycles. The van der Waals surface area contributed by atoms with Crippen molar-refractivity contribution >= 4 is 11.9 Å². The third kappa shape index (κ3) is 2.13. The normalized spacial score (nSPS) is 9.09. The van der Waals surface area contributed by atoms with E-state index in [1.165, 1.54) is 18.3 Å². The lowest BCUT2D eigenvalue weighted by molar-refractivity contribution is 0.210. The third-order valence-electron chi connectivity index (χ3n) is 0.978. The van der Waals surface area contributed by atoms with Gasteiger partial charge < -0.3 is 16.2 Å². The fourth-order valence-corrected chi connectivity index (χ4v) is 0.568. The number of aromatic nitrogens is 1. The summed E-state index contributed by atoms with van der Waals surface area (Å²) in [6.45, 7) is 0. The van der Waals surface area contributed by atoms with Crippen LogP contribution in [0.3, 0.4) is 0 Å². The standard InChI is InChI=1S/C6H7N3O2/c7-5-2-1-4(3-9-5)11-6(8)10/h1-3H,(H2,7,9)(H2,8,10). The minimum atomic E-state index is -0.864. The highest BCUT2D eigenvalue weighted by molar-refractivity contribution is 5.67. The maximum atomic E-state index is 10.2. The van der Waals surface area contributed by atoms with Crippen molar-refractivity contribution in [2.75, 3.05) is 5.73 Å². The number of nitrogens with two attached hydrogens (primary N) is 2. The minimum absolute atomic E-state index is 0.284. The number of hydrogen-bond donors (Lipinski definition) is 2. The Morgan fingerprint density at radius 1 is 1.55 bits per heavy atom. The maximum absolute atomic E-state index is 10.2. The lowest BCUT2D eigenvalue weighted by Gasteiger charge is -1.98. The Bertz CT molecular complexity index is 257. The molecule has 0 aliphatic carbocycles. The quantitative estimate of drug-likeness (QED) is 0.599. The molecule has 0 bridgehead atoms. The van der Waals surface area contributed by atoms with E-state index in [4.69, 9.17) is 11.5 Å². The van der Waals surface area contributed by atoms with Gasteiger partial charge in [-0.1, -0.05) is 0 Å². The van der Waals surface area contributed by atoms with E-state index in [9.17, 15) is 4.79 Å². The average molecular weight is 153 g/mol. The fourth-order valence-electron chi connectivity index (χ4n) is 0.568. The molecular weight excluding hydrogens is 146 g/mol. The molecule has 0 saturated heterocycles. The van der Waals surface area contributed by atoms with Gasteiger partial charge in [-0.25, -0.2) is 9.78 Å². The van der Waals surface area contributed by atoms with Crippen LogP contribution >= 0.6 is 0 Å². The Morgan fingerprint density at radius 2 is 2.27 bits per heavy atom. The zero-order chi connectivity index (χ0) is 8.27. The van der Waals surface area contributed by atoms with Gasteiger partial charge >= 0.3 is 6.09 Å². The van der Waals surface area contributed by atoms with Crippen molar-refractivity contribution in [3.05, 3.63) is 18.3 Å². The SMILES string of the molecule is NC(=O)Oc1ccc(N)nc1. The molecule has 1 rings (SSSR count). The Labute approximate surface area is 63.0 Å². The van der Waals surface area contributed by atoms with E-state index in [1.54, 1.807) is 0 Å². The first kappa shape index (κ1) is 7.33. The number of rotatable bonds is 1. The number of anilines is 1. The van der Waals surface area contributed by atoms with Crippen LogP contribution in [0.2, 0.25) is 0 Å². The van der Waals surface area contributed by atoms with Crippen LogP contribution in [0.5, 0.6) is 5.75 Å². The molecular formula is C6H7N3O2. The number of nitrogens with zero attached hydrogens (tertiary/aromatic N) is 1. The van der Waals surface area contributed by atoms with Gasteiger partial charge in [-0.15, -0.1) is 0 Å². The van der Waals surface area contributed by atoms with Crippen LogP contribution < -0.4 is 16.2 Å². The molecule has 1 heterocycles. The van der Waals surface area contributed by atoms with E-state index in [-0.39, 0.29) is 5.75 Å². The van der Waals surface area contributed by atoms with Crippen molar-refractivity contribution in [3.8, 4) is 5.75 Å². The second kappa shape index (κ2) is 2.87. The van der Waals surface area contributed by atoms with Gasteiger partial charge in [0, 0.05) is 0 Å². The van der Waals surface area contributed by atoms with Crippen molar-refractivity contribution in [2.45, 2.75) is 0 Å². The zero-order valence-electron chi connectivity index (χ0n) is 5.65. The van der Waals surface area contributed by atoms with Crippen molar-refractivity contribution < 1.29 is 9.53 Å². The Kier molecular flexibility index (Phi) is 1.91. The first-order valence-corrected chi connectivity index (χ1v) is 2.87. The molecule has 11 heavy (non-hydrogen) atoms. The van der Waals surface area contributed by atoms with Crippen molar-refractivity contribution in [1.29, 1.82) is 0 Å². The smallest absolute Gasteiger partial charge is 0.409 e. The van der Waals surface area contributed by atoms with Gasteiger partial charge in [0.15, 0.2) is 5.75 Å². The first-order valence-electron chi connectivity index (χ1n) is 2.87. The van der Waals surface area contributed by atoms with Crippen molar-refractivity contribution in [3.63, 3.8) is 0 Å². The summed E-state index contributed by atoms with van der Waals surface area (Å²) < 4.78 is 4.49. The lowest BCUT2D eigenvalue weighted by atomic mass is 10.4. The Morgan fingerprint density at radius 3 is 2.73 bits per heavy atom. The van der Waals surface area contributed by atoms with Crippen molar-refractivity contribution in [2.24, 2.45) is 5.73 Å². The van der Waals surface area contributed by atoms with Gasteiger partial charge in [0.1, 0.15) is 5.82 Å². The molecule has 0 aliphatic rings. The summed E-state index contributed by atoms with van der Waals surface area (Å²) in [6, 6.07) is 3.02. The highest BCUT2D eigenvalue weighted by atomic mass is 16.5. The molecule has 1 aromatic rings. The number of carbonyl (C=O) groups is 1. The molecule has 0 aliphatic heterocycles. The fraction of sp³-hybridized carbons (Fsp3) is 0. The molecule has 5 nitrogen and oxygen atoms in total. The average Bonchev–Trinajstić information content (AvgIpc) is 1.93. The Hall–Kier alpha value is -1.78. The van der Waals surface area contributed by atoms with E-state index in [2.05, 4.69) is 9.72 Å². The molecule has 0 saturated carbocycles. The van der Waals surface area contributed by atoms with Gasteiger partial charge in [0.2, 0.25) is 0 Å². The second-order valence-electron chi connectivity index (χ2n) is 1.84. The van der Waals surface area contributed by atoms with E-state index < -0.39 is 6.09 Å². The summed E-state index contributed by atoms with van der Waals surface area (Å²) in [5.41, 5.74) is 10.0. The number of amides is 1. The number of nitrogen functional groups attached to an aromatic ring is 1. The van der Waals surface area contributed by atoms with Crippen LogP contribution in [0.4, 0.5) is 10.6 Å². The van der Waals surface area contributed by atoms with Gasteiger partial charge in [-0.3, -0.25) is 0 Å². The summed E-state index contributed by atoms with van der Waals surface area (Å²) in [5, 5.41) is 0. The number of pyridine rings is 1. The lowest BCUT2D eigenvalue weighted by Crippen LogP contribution is -2.16. The minimum Gasteiger partial charge on any atom is -0.409 e. The predicted octanol–water partition coefficient (Wildman–Crippen LogP) is 0.121. The first-order chi connectivity index (χ1) is 5.18. The van der Waals surface area contributed by atoms with E-state index >= 15 is 0 Å². The summed E-state index contributed by atoms with van der Waals surface area (Å²) in [6.07, 6.45) is 0.455. The third-order valence-corrected chi connectivity index (χ3v) is 0.978. The van der Waals surface area contributed by atoms with Gasteiger partial charge in [-0.05, 0) is 12.1 Å². The molecule has 0 radical (unpaired) electrons.